The van der Waals surface area contributed by atoms with E-state index in [-0.39, 0.29) is 5.56 Å². The lowest BCUT2D eigenvalue weighted by atomic mass is 10.1. The van der Waals surface area contributed by atoms with Gasteiger partial charge >= 0.3 is 5.97 Å². The summed E-state index contributed by atoms with van der Waals surface area (Å²) in [7, 11) is 0. The van der Waals surface area contributed by atoms with Gasteiger partial charge in [-0.05, 0) is 31.4 Å². The van der Waals surface area contributed by atoms with E-state index in [9.17, 15) is 4.79 Å². The van der Waals surface area contributed by atoms with Crippen molar-refractivity contribution < 1.29 is 14.3 Å². The molecule has 90 valence electrons. The maximum absolute atomic E-state index is 10.8. The van der Waals surface area contributed by atoms with E-state index in [1.807, 2.05) is 0 Å². The van der Waals surface area contributed by atoms with Gasteiger partial charge in [-0.1, -0.05) is 13.8 Å². The molecule has 0 saturated carbocycles. The molecule has 0 aromatic carbocycles. The van der Waals surface area contributed by atoms with Crippen LogP contribution in [0.2, 0.25) is 0 Å². The van der Waals surface area contributed by atoms with E-state index in [1.165, 1.54) is 18.8 Å². The molecule has 4 nitrogen and oxygen atoms in total. The normalized spacial score (nSPS) is 10.9. The summed E-state index contributed by atoms with van der Waals surface area (Å²) in [6.07, 6.45) is 3.69. The molecular formula is C12H19NO3. The van der Waals surface area contributed by atoms with E-state index >= 15 is 0 Å². The zero-order chi connectivity index (χ0) is 12.0. The second kappa shape index (κ2) is 6.33. The summed E-state index contributed by atoms with van der Waals surface area (Å²) in [5.41, 5.74) is 0.247. The van der Waals surface area contributed by atoms with E-state index < -0.39 is 5.97 Å². The van der Waals surface area contributed by atoms with Gasteiger partial charge in [0.05, 0.1) is 12.8 Å². The Balaban J connectivity index is 2.27. The van der Waals surface area contributed by atoms with Gasteiger partial charge in [0, 0.05) is 0 Å². The second-order valence-electron chi connectivity index (χ2n) is 4.28. The summed E-state index contributed by atoms with van der Waals surface area (Å²) < 4.78 is 5.11. The summed E-state index contributed by atoms with van der Waals surface area (Å²) in [4.78, 5) is 10.8. The summed E-state index contributed by atoms with van der Waals surface area (Å²) in [6.45, 7) is 5.74. The van der Waals surface area contributed by atoms with Crippen LogP contribution in [0.4, 0.5) is 0 Å². The molecular weight excluding hydrogens is 206 g/mol. The number of carboxylic acids is 1. The molecule has 4 heteroatoms. The minimum atomic E-state index is -0.937. The molecule has 0 fully saturated rings. The topological polar surface area (TPSA) is 62.5 Å². The van der Waals surface area contributed by atoms with Crippen molar-refractivity contribution in [1.82, 2.24) is 5.32 Å². The van der Waals surface area contributed by atoms with Crippen LogP contribution in [-0.4, -0.2) is 17.6 Å². The fourth-order valence-electron chi connectivity index (χ4n) is 1.51. The highest BCUT2D eigenvalue weighted by atomic mass is 16.4. The molecule has 16 heavy (non-hydrogen) atoms. The number of aromatic carboxylic acids is 1. The third kappa shape index (κ3) is 4.06. The van der Waals surface area contributed by atoms with Gasteiger partial charge in [-0.2, -0.15) is 0 Å². The maximum Gasteiger partial charge on any atom is 0.339 e. The lowest BCUT2D eigenvalue weighted by Crippen LogP contribution is -2.16. The summed E-state index contributed by atoms with van der Waals surface area (Å²) >= 11 is 0. The highest BCUT2D eigenvalue weighted by Crippen LogP contribution is 2.10. The molecule has 0 aliphatic rings. The predicted octanol–water partition coefficient (Wildman–Crippen LogP) is 2.50. The average Bonchev–Trinajstić information content (AvgIpc) is 2.65. The molecule has 0 atom stereocenters. The molecule has 0 unspecified atom stereocenters. The van der Waals surface area contributed by atoms with Gasteiger partial charge in [0.2, 0.25) is 0 Å². The van der Waals surface area contributed by atoms with E-state index in [4.69, 9.17) is 9.52 Å². The third-order valence-corrected chi connectivity index (χ3v) is 2.40. The van der Waals surface area contributed by atoms with Crippen LogP contribution in [0.25, 0.3) is 0 Å². The molecule has 1 aromatic heterocycles. The predicted molar refractivity (Wildman–Crippen MR) is 61.4 cm³/mol. The quantitative estimate of drug-likeness (QED) is 0.700. The smallest absolute Gasteiger partial charge is 0.339 e. The van der Waals surface area contributed by atoms with E-state index in [2.05, 4.69) is 19.2 Å². The monoisotopic (exact) mass is 225 g/mol. The van der Waals surface area contributed by atoms with Crippen LogP contribution in [0.5, 0.6) is 0 Å². The van der Waals surface area contributed by atoms with Crippen LogP contribution in [0, 0.1) is 5.92 Å². The Kier molecular flexibility index (Phi) is 5.05. The summed E-state index contributed by atoms with van der Waals surface area (Å²) in [5, 5.41) is 12.0. The van der Waals surface area contributed by atoms with Crippen LogP contribution in [0.1, 0.15) is 42.8 Å². The van der Waals surface area contributed by atoms with Gasteiger partial charge in [0.25, 0.3) is 0 Å². The summed E-state index contributed by atoms with van der Waals surface area (Å²) in [6, 6.07) is 1.48. The lowest BCUT2D eigenvalue weighted by molar-refractivity contribution is 0.0694. The first-order valence-corrected chi connectivity index (χ1v) is 5.61. The van der Waals surface area contributed by atoms with Gasteiger partial charge in [-0.25, -0.2) is 4.79 Å². The first-order chi connectivity index (χ1) is 7.61. The number of furan rings is 1. The molecule has 0 spiro atoms. The van der Waals surface area contributed by atoms with Gasteiger partial charge in [0.1, 0.15) is 11.3 Å². The van der Waals surface area contributed by atoms with Crippen molar-refractivity contribution in [2.75, 3.05) is 6.54 Å². The SMILES string of the molecule is CC(C)CCCNCc1occc1C(=O)O. The van der Waals surface area contributed by atoms with Crippen molar-refractivity contribution in [1.29, 1.82) is 0 Å². The molecule has 0 amide bonds. The minimum absolute atomic E-state index is 0.247. The van der Waals surface area contributed by atoms with Crippen molar-refractivity contribution in [2.45, 2.75) is 33.2 Å². The zero-order valence-corrected chi connectivity index (χ0v) is 9.82. The largest absolute Gasteiger partial charge is 0.478 e. The highest BCUT2D eigenvalue weighted by Gasteiger charge is 2.12. The van der Waals surface area contributed by atoms with Crippen LogP contribution >= 0.6 is 0 Å². The van der Waals surface area contributed by atoms with Crippen LogP contribution < -0.4 is 5.32 Å². The molecule has 0 saturated heterocycles. The van der Waals surface area contributed by atoms with Crippen molar-refractivity contribution in [2.24, 2.45) is 5.92 Å². The number of rotatable bonds is 7. The Morgan fingerprint density at radius 2 is 2.31 bits per heavy atom. The molecule has 2 N–H and O–H groups in total. The number of carbonyl (C=O) groups is 1. The Bertz CT molecular complexity index is 331. The summed E-state index contributed by atoms with van der Waals surface area (Å²) in [5.74, 6) is 0.268. The number of hydrogen-bond donors (Lipinski definition) is 2. The Morgan fingerprint density at radius 1 is 1.56 bits per heavy atom. The fraction of sp³-hybridized carbons (Fsp3) is 0.583. The van der Waals surface area contributed by atoms with Crippen LogP contribution in [-0.2, 0) is 6.54 Å². The van der Waals surface area contributed by atoms with Gasteiger partial charge < -0.3 is 14.8 Å². The molecule has 0 radical (unpaired) electrons. The van der Waals surface area contributed by atoms with Crippen LogP contribution in [0.15, 0.2) is 16.7 Å². The van der Waals surface area contributed by atoms with Crippen LogP contribution in [0.3, 0.4) is 0 Å². The third-order valence-electron chi connectivity index (χ3n) is 2.40. The molecule has 0 aliphatic heterocycles. The van der Waals surface area contributed by atoms with Crippen molar-refractivity contribution in [3.8, 4) is 0 Å². The lowest BCUT2D eigenvalue weighted by Gasteiger charge is -2.05. The Hall–Kier alpha value is -1.29. The molecule has 1 aromatic rings. The second-order valence-corrected chi connectivity index (χ2v) is 4.28. The number of carboxylic acid groups (broad SMARTS) is 1. The number of hydrogen-bond acceptors (Lipinski definition) is 3. The molecule has 1 rings (SSSR count). The van der Waals surface area contributed by atoms with E-state index in [0.717, 1.165) is 13.0 Å². The maximum atomic E-state index is 10.8. The van der Waals surface area contributed by atoms with E-state index in [0.29, 0.717) is 18.2 Å². The van der Waals surface area contributed by atoms with Crippen molar-refractivity contribution in [3.05, 3.63) is 23.7 Å². The Morgan fingerprint density at radius 3 is 2.94 bits per heavy atom. The molecule has 1 heterocycles. The number of nitrogens with one attached hydrogen (secondary N) is 1. The standard InChI is InChI=1S/C12H19NO3/c1-9(2)4-3-6-13-8-11-10(12(14)15)5-7-16-11/h5,7,9,13H,3-4,6,8H2,1-2H3,(H,14,15). The average molecular weight is 225 g/mol. The van der Waals surface area contributed by atoms with Gasteiger partial charge in [0.15, 0.2) is 0 Å². The highest BCUT2D eigenvalue weighted by molar-refractivity contribution is 5.88. The molecule has 0 aliphatic carbocycles. The first kappa shape index (κ1) is 12.8. The first-order valence-electron chi connectivity index (χ1n) is 5.61. The van der Waals surface area contributed by atoms with E-state index in [1.54, 1.807) is 0 Å². The van der Waals surface area contributed by atoms with Gasteiger partial charge in [-0.3, -0.25) is 0 Å². The van der Waals surface area contributed by atoms with Crippen molar-refractivity contribution >= 4 is 5.97 Å². The van der Waals surface area contributed by atoms with Crippen molar-refractivity contribution in [3.63, 3.8) is 0 Å². The fourth-order valence-corrected chi connectivity index (χ4v) is 1.51. The minimum Gasteiger partial charge on any atom is -0.478 e. The van der Waals surface area contributed by atoms with Gasteiger partial charge in [-0.15, -0.1) is 0 Å². The Labute approximate surface area is 95.7 Å². The zero-order valence-electron chi connectivity index (χ0n) is 9.82. The molecule has 0 bridgehead atoms.